The average molecular weight is 292 g/mol. The van der Waals surface area contributed by atoms with E-state index in [1.807, 2.05) is 0 Å². The van der Waals surface area contributed by atoms with Gasteiger partial charge in [0.2, 0.25) is 5.91 Å². The van der Waals surface area contributed by atoms with Gasteiger partial charge < -0.3 is 10.6 Å². The smallest absolute Gasteiger partial charge is 0.222 e. The van der Waals surface area contributed by atoms with Crippen LogP contribution in [0.1, 0.15) is 77.0 Å². The first kappa shape index (κ1) is 15.3. The van der Waals surface area contributed by atoms with Gasteiger partial charge in [0.05, 0.1) is 0 Å². The minimum atomic E-state index is 0.415. The fourth-order valence-electron chi connectivity index (χ4n) is 4.82. The van der Waals surface area contributed by atoms with Gasteiger partial charge in [-0.1, -0.05) is 12.8 Å². The molecule has 2 aliphatic carbocycles. The highest BCUT2D eigenvalue weighted by Crippen LogP contribution is 2.46. The maximum atomic E-state index is 12.4. The lowest BCUT2D eigenvalue weighted by molar-refractivity contribution is -0.133. The van der Waals surface area contributed by atoms with E-state index in [1.54, 1.807) is 0 Å². The molecule has 2 N–H and O–H groups in total. The summed E-state index contributed by atoms with van der Waals surface area (Å²) in [5.41, 5.74) is 6.57. The summed E-state index contributed by atoms with van der Waals surface area (Å²) < 4.78 is 0. The van der Waals surface area contributed by atoms with Gasteiger partial charge >= 0.3 is 0 Å². The summed E-state index contributed by atoms with van der Waals surface area (Å²) >= 11 is 0. The number of piperidine rings is 1. The molecule has 3 heteroatoms. The lowest BCUT2D eigenvalue weighted by Gasteiger charge is -2.39. The van der Waals surface area contributed by atoms with Crippen molar-refractivity contribution in [3.05, 3.63) is 0 Å². The highest BCUT2D eigenvalue weighted by Gasteiger charge is 2.37. The zero-order chi connectivity index (χ0) is 14.7. The molecular formula is C18H32N2O. The molecule has 0 bridgehead atoms. The SMILES string of the molecule is NC1CCC(CCC(=O)N2CCC3(CCCC3)CC2)CC1. The lowest BCUT2D eigenvalue weighted by atomic mass is 9.77. The average Bonchev–Trinajstić information content (AvgIpc) is 2.95. The molecule has 3 fully saturated rings. The highest BCUT2D eigenvalue weighted by molar-refractivity contribution is 5.76. The molecule has 0 atom stereocenters. The second-order valence-corrected chi connectivity index (χ2v) is 7.91. The lowest BCUT2D eigenvalue weighted by Crippen LogP contribution is -2.42. The van der Waals surface area contributed by atoms with Gasteiger partial charge in [0.1, 0.15) is 0 Å². The van der Waals surface area contributed by atoms with Crippen LogP contribution in [0.4, 0.5) is 0 Å². The van der Waals surface area contributed by atoms with Crippen LogP contribution < -0.4 is 5.73 Å². The van der Waals surface area contributed by atoms with Crippen molar-refractivity contribution in [3.8, 4) is 0 Å². The van der Waals surface area contributed by atoms with Crippen molar-refractivity contribution < 1.29 is 4.79 Å². The third-order valence-electron chi connectivity index (χ3n) is 6.50. The number of likely N-dealkylation sites (tertiary alicyclic amines) is 1. The van der Waals surface area contributed by atoms with Crippen LogP contribution in [0, 0.1) is 11.3 Å². The number of rotatable bonds is 3. The summed E-state index contributed by atoms with van der Waals surface area (Å²) in [6.07, 6.45) is 14.8. The Hall–Kier alpha value is -0.570. The van der Waals surface area contributed by atoms with Crippen molar-refractivity contribution in [1.29, 1.82) is 0 Å². The predicted octanol–water partition coefficient (Wildman–Crippen LogP) is 3.47. The maximum absolute atomic E-state index is 12.4. The van der Waals surface area contributed by atoms with E-state index in [2.05, 4.69) is 4.90 Å². The number of hydrogen-bond donors (Lipinski definition) is 1. The Balaban J connectivity index is 1.38. The first-order chi connectivity index (χ1) is 10.2. The molecule has 1 saturated heterocycles. The molecule has 21 heavy (non-hydrogen) atoms. The molecule has 1 aliphatic heterocycles. The Morgan fingerprint density at radius 1 is 1.00 bits per heavy atom. The Bertz CT molecular complexity index is 344. The second kappa shape index (κ2) is 6.68. The number of carbonyl (C=O) groups is 1. The largest absolute Gasteiger partial charge is 0.343 e. The predicted molar refractivity (Wildman–Crippen MR) is 85.9 cm³/mol. The standard InChI is InChI=1S/C18H32N2O/c19-16-6-3-15(4-7-16)5-8-17(21)20-13-11-18(12-14-20)9-1-2-10-18/h15-16H,1-14,19H2. The quantitative estimate of drug-likeness (QED) is 0.866. The van der Waals surface area contributed by atoms with Crippen molar-refractivity contribution in [2.45, 2.75) is 83.1 Å². The van der Waals surface area contributed by atoms with E-state index >= 15 is 0 Å². The number of nitrogens with two attached hydrogens (primary N) is 1. The minimum absolute atomic E-state index is 0.415. The summed E-state index contributed by atoms with van der Waals surface area (Å²) in [5, 5.41) is 0. The van der Waals surface area contributed by atoms with E-state index < -0.39 is 0 Å². The molecule has 120 valence electrons. The van der Waals surface area contributed by atoms with Crippen LogP contribution in [0.5, 0.6) is 0 Å². The zero-order valence-corrected chi connectivity index (χ0v) is 13.5. The van der Waals surface area contributed by atoms with E-state index in [4.69, 9.17) is 5.73 Å². The minimum Gasteiger partial charge on any atom is -0.343 e. The third kappa shape index (κ3) is 3.80. The van der Waals surface area contributed by atoms with Gasteiger partial charge in [0.25, 0.3) is 0 Å². The fourth-order valence-corrected chi connectivity index (χ4v) is 4.82. The highest BCUT2D eigenvalue weighted by atomic mass is 16.2. The molecule has 1 amide bonds. The summed E-state index contributed by atoms with van der Waals surface area (Å²) in [4.78, 5) is 14.6. The van der Waals surface area contributed by atoms with Crippen molar-refractivity contribution in [2.75, 3.05) is 13.1 Å². The van der Waals surface area contributed by atoms with E-state index in [1.165, 1.54) is 51.4 Å². The normalized spacial score (nSPS) is 32.5. The van der Waals surface area contributed by atoms with Gasteiger partial charge in [-0.15, -0.1) is 0 Å². The molecule has 3 rings (SSSR count). The first-order valence-corrected chi connectivity index (χ1v) is 9.20. The van der Waals surface area contributed by atoms with E-state index in [0.717, 1.165) is 44.7 Å². The van der Waals surface area contributed by atoms with Crippen molar-refractivity contribution in [1.82, 2.24) is 4.90 Å². The van der Waals surface area contributed by atoms with Gasteiger partial charge in [-0.2, -0.15) is 0 Å². The van der Waals surface area contributed by atoms with Crippen molar-refractivity contribution in [2.24, 2.45) is 17.1 Å². The Kier molecular flexibility index (Phi) is 4.88. The van der Waals surface area contributed by atoms with Gasteiger partial charge in [-0.05, 0) is 69.1 Å². The molecule has 0 radical (unpaired) electrons. The van der Waals surface area contributed by atoms with Crippen LogP contribution in [0.2, 0.25) is 0 Å². The Labute approximate surface area is 129 Å². The Morgan fingerprint density at radius 2 is 1.62 bits per heavy atom. The molecule has 3 aliphatic rings. The van der Waals surface area contributed by atoms with E-state index in [-0.39, 0.29) is 0 Å². The fraction of sp³-hybridized carbons (Fsp3) is 0.944. The summed E-state index contributed by atoms with van der Waals surface area (Å²) in [6.45, 7) is 2.04. The van der Waals surface area contributed by atoms with Crippen molar-refractivity contribution >= 4 is 5.91 Å². The maximum Gasteiger partial charge on any atom is 0.222 e. The third-order valence-corrected chi connectivity index (χ3v) is 6.50. The van der Waals surface area contributed by atoms with Gasteiger partial charge in [-0.25, -0.2) is 0 Å². The van der Waals surface area contributed by atoms with Gasteiger partial charge in [0.15, 0.2) is 0 Å². The molecule has 0 aromatic carbocycles. The van der Waals surface area contributed by atoms with Crippen molar-refractivity contribution in [3.63, 3.8) is 0 Å². The molecule has 0 aromatic rings. The van der Waals surface area contributed by atoms with E-state index in [9.17, 15) is 4.79 Å². The summed E-state index contributed by atoms with van der Waals surface area (Å²) in [7, 11) is 0. The van der Waals surface area contributed by atoms with Crippen LogP contribution in [-0.4, -0.2) is 29.9 Å². The second-order valence-electron chi connectivity index (χ2n) is 7.91. The van der Waals surface area contributed by atoms with Crippen LogP contribution in [0.3, 0.4) is 0 Å². The van der Waals surface area contributed by atoms with Crippen LogP contribution in [-0.2, 0) is 4.79 Å². The monoisotopic (exact) mass is 292 g/mol. The molecule has 0 unspecified atom stereocenters. The number of carbonyl (C=O) groups excluding carboxylic acids is 1. The van der Waals surface area contributed by atoms with Crippen LogP contribution in [0.15, 0.2) is 0 Å². The molecule has 3 nitrogen and oxygen atoms in total. The Morgan fingerprint density at radius 3 is 2.24 bits per heavy atom. The molecule has 0 aromatic heterocycles. The zero-order valence-electron chi connectivity index (χ0n) is 13.5. The molecule has 2 saturated carbocycles. The number of hydrogen-bond acceptors (Lipinski definition) is 2. The summed E-state index contributed by atoms with van der Waals surface area (Å²) in [6, 6.07) is 0.418. The van der Waals surface area contributed by atoms with Crippen LogP contribution in [0.25, 0.3) is 0 Å². The molecule has 1 spiro atoms. The number of nitrogens with zero attached hydrogens (tertiary/aromatic N) is 1. The van der Waals surface area contributed by atoms with Gasteiger partial charge in [-0.3, -0.25) is 4.79 Å². The van der Waals surface area contributed by atoms with Gasteiger partial charge in [0, 0.05) is 25.6 Å². The number of amides is 1. The molecule has 1 heterocycles. The topological polar surface area (TPSA) is 46.3 Å². The first-order valence-electron chi connectivity index (χ1n) is 9.20. The molecular weight excluding hydrogens is 260 g/mol. The van der Waals surface area contributed by atoms with E-state index in [0.29, 0.717) is 17.4 Å². The summed E-state index contributed by atoms with van der Waals surface area (Å²) in [5.74, 6) is 1.16. The van der Waals surface area contributed by atoms with Crippen LogP contribution >= 0.6 is 0 Å².